The van der Waals surface area contributed by atoms with E-state index in [0.29, 0.717) is 5.56 Å². The summed E-state index contributed by atoms with van der Waals surface area (Å²) in [6.45, 7) is 4.04. The molecule has 0 aromatic heterocycles. The van der Waals surface area contributed by atoms with Gasteiger partial charge in [0.15, 0.2) is 0 Å². The molecule has 0 aliphatic carbocycles. The Morgan fingerprint density at radius 3 is 2.45 bits per heavy atom. The molecule has 1 atom stereocenters. The number of ether oxygens (including phenoxy) is 2. The monoisotopic (exact) mass is 289 g/mol. The van der Waals surface area contributed by atoms with Crippen molar-refractivity contribution in [3.05, 3.63) is 29.8 Å². The summed E-state index contributed by atoms with van der Waals surface area (Å²) in [5.41, 5.74) is 0.335. The number of carbonyl (C=O) groups excluding carboxylic acids is 1. The van der Waals surface area contributed by atoms with E-state index >= 15 is 0 Å². The first-order valence-electron chi connectivity index (χ1n) is 5.96. The molecule has 1 amide bonds. The van der Waals surface area contributed by atoms with Crippen LogP contribution in [0.15, 0.2) is 24.3 Å². The first-order chi connectivity index (χ1) is 9.17. The summed E-state index contributed by atoms with van der Waals surface area (Å²) < 4.78 is 44.9. The normalized spacial score (nSPS) is 21.9. The van der Waals surface area contributed by atoms with Crippen LogP contribution in [0.1, 0.15) is 25.5 Å². The molecule has 1 aromatic carbocycles. The summed E-state index contributed by atoms with van der Waals surface area (Å²) in [7, 11) is 0. The van der Waals surface area contributed by atoms with Gasteiger partial charge in [0.2, 0.25) is 0 Å². The second-order valence-electron chi connectivity index (χ2n) is 5.26. The van der Waals surface area contributed by atoms with Crippen LogP contribution in [0.2, 0.25) is 0 Å². The molecular formula is C13H14F3NO3. The van der Waals surface area contributed by atoms with Crippen molar-refractivity contribution in [2.45, 2.75) is 26.3 Å². The van der Waals surface area contributed by atoms with Crippen molar-refractivity contribution in [2.24, 2.45) is 5.41 Å². The SMILES string of the molecule is CC1(C)COC(=O)N[C@H]1c1ccc(OC(F)(F)F)cc1. The Labute approximate surface area is 113 Å². The lowest BCUT2D eigenvalue weighted by molar-refractivity contribution is -0.274. The second-order valence-corrected chi connectivity index (χ2v) is 5.26. The summed E-state index contributed by atoms with van der Waals surface area (Å²) in [6.07, 6.45) is -5.25. The van der Waals surface area contributed by atoms with Gasteiger partial charge < -0.3 is 14.8 Å². The van der Waals surface area contributed by atoms with Crippen LogP contribution in [-0.2, 0) is 4.74 Å². The topological polar surface area (TPSA) is 47.6 Å². The zero-order chi connectivity index (χ0) is 15.0. The van der Waals surface area contributed by atoms with Crippen LogP contribution >= 0.6 is 0 Å². The Morgan fingerprint density at radius 1 is 1.30 bits per heavy atom. The summed E-state index contributed by atoms with van der Waals surface area (Å²) in [5.74, 6) is -0.294. The number of nitrogens with one attached hydrogen (secondary N) is 1. The van der Waals surface area contributed by atoms with E-state index in [2.05, 4.69) is 10.1 Å². The molecule has 1 aliphatic rings. The van der Waals surface area contributed by atoms with E-state index < -0.39 is 12.5 Å². The predicted octanol–water partition coefficient (Wildman–Crippen LogP) is 3.39. The minimum atomic E-state index is -4.71. The Kier molecular flexibility index (Phi) is 3.54. The van der Waals surface area contributed by atoms with Crippen molar-refractivity contribution >= 4 is 6.09 Å². The molecule has 1 aliphatic heterocycles. The maximum absolute atomic E-state index is 12.1. The van der Waals surface area contributed by atoms with Crippen LogP contribution in [0.4, 0.5) is 18.0 Å². The molecule has 1 saturated heterocycles. The third-order valence-electron chi connectivity index (χ3n) is 3.07. The molecule has 0 unspecified atom stereocenters. The molecule has 1 N–H and O–H groups in total. The number of hydrogen-bond donors (Lipinski definition) is 1. The fourth-order valence-corrected chi connectivity index (χ4v) is 2.09. The fraction of sp³-hybridized carbons (Fsp3) is 0.462. The smallest absolute Gasteiger partial charge is 0.449 e. The van der Waals surface area contributed by atoms with Crippen molar-refractivity contribution in [2.75, 3.05) is 6.61 Å². The van der Waals surface area contributed by atoms with E-state index in [1.54, 1.807) is 0 Å². The van der Waals surface area contributed by atoms with Gasteiger partial charge in [0.25, 0.3) is 0 Å². The van der Waals surface area contributed by atoms with Gasteiger partial charge in [-0.15, -0.1) is 13.2 Å². The summed E-state index contributed by atoms with van der Waals surface area (Å²) in [5, 5.41) is 2.67. The van der Waals surface area contributed by atoms with Gasteiger partial charge in [-0.05, 0) is 17.7 Å². The van der Waals surface area contributed by atoms with Crippen LogP contribution in [-0.4, -0.2) is 19.1 Å². The first-order valence-corrected chi connectivity index (χ1v) is 5.96. The number of rotatable bonds is 2. The molecule has 0 radical (unpaired) electrons. The van der Waals surface area contributed by atoms with Crippen LogP contribution < -0.4 is 10.1 Å². The van der Waals surface area contributed by atoms with Crippen molar-refractivity contribution in [3.63, 3.8) is 0 Å². The average molecular weight is 289 g/mol. The Balaban J connectivity index is 2.18. The van der Waals surface area contributed by atoms with E-state index in [1.165, 1.54) is 24.3 Å². The number of alkyl halides is 3. The maximum Gasteiger partial charge on any atom is 0.573 e. The molecule has 1 heterocycles. The van der Waals surface area contributed by atoms with Gasteiger partial charge in [-0.25, -0.2) is 4.79 Å². The van der Waals surface area contributed by atoms with Gasteiger partial charge in [0.05, 0.1) is 6.04 Å². The predicted molar refractivity (Wildman–Crippen MR) is 64.1 cm³/mol. The molecule has 4 nitrogen and oxygen atoms in total. The third-order valence-corrected chi connectivity index (χ3v) is 3.07. The van der Waals surface area contributed by atoms with Crippen molar-refractivity contribution in [1.29, 1.82) is 0 Å². The molecule has 20 heavy (non-hydrogen) atoms. The third kappa shape index (κ3) is 3.34. The number of halogens is 3. The number of carbonyl (C=O) groups is 1. The van der Waals surface area contributed by atoms with Crippen molar-refractivity contribution < 1.29 is 27.4 Å². The Bertz CT molecular complexity index is 497. The minimum absolute atomic E-state index is 0.240. The van der Waals surface area contributed by atoms with E-state index in [1.807, 2.05) is 13.8 Å². The Hall–Kier alpha value is -1.92. The highest BCUT2D eigenvalue weighted by Crippen LogP contribution is 2.37. The minimum Gasteiger partial charge on any atom is -0.449 e. The van der Waals surface area contributed by atoms with Gasteiger partial charge in [0.1, 0.15) is 12.4 Å². The Morgan fingerprint density at radius 2 is 1.90 bits per heavy atom. The highest BCUT2D eigenvalue weighted by atomic mass is 19.4. The average Bonchev–Trinajstić information content (AvgIpc) is 2.32. The van der Waals surface area contributed by atoms with Crippen LogP contribution in [0.3, 0.4) is 0 Å². The summed E-state index contributed by atoms with van der Waals surface area (Å²) in [6, 6.07) is 5.11. The van der Waals surface area contributed by atoms with Gasteiger partial charge >= 0.3 is 12.5 Å². The van der Waals surface area contributed by atoms with Gasteiger partial charge in [0, 0.05) is 5.41 Å². The van der Waals surface area contributed by atoms with Gasteiger partial charge in [-0.1, -0.05) is 26.0 Å². The van der Waals surface area contributed by atoms with Gasteiger partial charge in [-0.3, -0.25) is 0 Å². The molecule has 7 heteroatoms. The number of hydrogen-bond acceptors (Lipinski definition) is 3. The lowest BCUT2D eigenvalue weighted by Crippen LogP contribution is -2.46. The number of alkyl carbamates (subject to hydrolysis) is 1. The molecule has 2 rings (SSSR count). The molecule has 0 spiro atoms. The zero-order valence-electron chi connectivity index (χ0n) is 11.0. The van der Waals surface area contributed by atoms with E-state index in [0.717, 1.165) is 0 Å². The van der Waals surface area contributed by atoms with Gasteiger partial charge in [-0.2, -0.15) is 0 Å². The number of cyclic esters (lactones) is 1. The highest BCUT2D eigenvalue weighted by molar-refractivity contribution is 5.69. The molecule has 0 saturated carbocycles. The lowest BCUT2D eigenvalue weighted by atomic mass is 9.80. The molecule has 0 bridgehead atoms. The standard InChI is InChI=1S/C13H14F3NO3/c1-12(2)7-19-11(18)17-10(12)8-3-5-9(6-4-8)20-13(14,15)16/h3-6,10H,7H2,1-2H3,(H,17,18)/t10-/m0/s1. The zero-order valence-corrected chi connectivity index (χ0v) is 11.0. The second kappa shape index (κ2) is 4.88. The van der Waals surface area contributed by atoms with Crippen molar-refractivity contribution in [3.8, 4) is 5.75 Å². The highest BCUT2D eigenvalue weighted by Gasteiger charge is 2.38. The molecule has 1 fully saturated rings. The summed E-state index contributed by atoms with van der Waals surface area (Å²) in [4.78, 5) is 11.3. The van der Waals surface area contributed by atoms with E-state index in [-0.39, 0.29) is 23.8 Å². The van der Waals surface area contributed by atoms with Crippen molar-refractivity contribution in [1.82, 2.24) is 5.32 Å². The number of benzene rings is 1. The molecular weight excluding hydrogens is 275 g/mol. The first kappa shape index (κ1) is 14.5. The largest absolute Gasteiger partial charge is 0.573 e. The van der Waals surface area contributed by atoms with E-state index in [9.17, 15) is 18.0 Å². The fourth-order valence-electron chi connectivity index (χ4n) is 2.09. The number of amides is 1. The van der Waals surface area contributed by atoms with Crippen LogP contribution in [0.25, 0.3) is 0 Å². The molecule has 110 valence electrons. The molecule has 1 aromatic rings. The van der Waals surface area contributed by atoms with Crippen LogP contribution in [0.5, 0.6) is 5.75 Å². The van der Waals surface area contributed by atoms with Crippen LogP contribution in [0, 0.1) is 5.41 Å². The summed E-state index contributed by atoms with van der Waals surface area (Å²) >= 11 is 0. The van der Waals surface area contributed by atoms with E-state index in [4.69, 9.17) is 4.74 Å². The quantitative estimate of drug-likeness (QED) is 0.907. The maximum atomic E-state index is 12.1. The lowest BCUT2D eigenvalue weighted by Gasteiger charge is -2.38.